The van der Waals surface area contributed by atoms with Crippen LogP contribution in [0.25, 0.3) is 0 Å². The molecule has 1 N–H and O–H groups in total. The molecule has 0 amide bonds. The third-order valence-electron chi connectivity index (χ3n) is 1.85. The molecule has 0 saturated carbocycles. The fourth-order valence-corrected chi connectivity index (χ4v) is 1.78. The minimum Gasteiger partial charge on any atom is -0.465 e. The summed E-state index contributed by atoms with van der Waals surface area (Å²) in [6.45, 7) is 1.88. The minimum absolute atomic E-state index is 0.147. The number of carbonyl (C=O) groups excluding carboxylic acids is 1. The number of aliphatic hydroxyl groups excluding tert-OH is 1. The maximum Gasteiger partial charge on any atom is 0.341 e. The molecule has 0 radical (unpaired) electrons. The fraction of sp³-hybridized carbons (Fsp3) is 0.500. The Balaban J connectivity index is 2.64. The highest BCUT2D eigenvalue weighted by atomic mass is 32.2. The summed E-state index contributed by atoms with van der Waals surface area (Å²) in [5.41, 5.74) is 0.470. The van der Waals surface area contributed by atoms with Gasteiger partial charge in [-0.3, -0.25) is 0 Å². The zero-order valence-electron chi connectivity index (χ0n) is 8.78. The zero-order valence-corrected chi connectivity index (χ0v) is 9.60. The standard InChI is InChI=1S/C10H14O4S/c1-7-9(10(12)13-2)5-8(14-7)6-15-4-3-11/h5,11H,3-4,6H2,1-2H3. The lowest BCUT2D eigenvalue weighted by molar-refractivity contribution is 0.0599. The molecule has 0 aliphatic heterocycles. The molecule has 0 saturated heterocycles. The number of thioether (sulfide) groups is 1. The Labute approximate surface area is 92.6 Å². The van der Waals surface area contributed by atoms with Crippen LogP contribution in [0.1, 0.15) is 21.9 Å². The van der Waals surface area contributed by atoms with E-state index in [4.69, 9.17) is 9.52 Å². The smallest absolute Gasteiger partial charge is 0.341 e. The van der Waals surface area contributed by atoms with Crippen molar-refractivity contribution in [3.05, 3.63) is 23.2 Å². The second kappa shape index (κ2) is 5.82. The van der Waals surface area contributed by atoms with Crippen LogP contribution in [-0.4, -0.2) is 30.5 Å². The number of rotatable bonds is 5. The molecule has 5 heteroatoms. The molecule has 0 spiro atoms. The van der Waals surface area contributed by atoms with Crippen LogP contribution < -0.4 is 0 Å². The Kier molecular flexibility index (Phi) is 4.71. The lowest BCUT2D eigenvalue weighted by Crippen LogP contribution is -2.00. The van der Waals surface area contributed by atoms with Crippen LogP contribution in [0.15, 0.2) is 10.5 Å². The fourth-order valence-electron chi connectivity index (χ4n) is 1.16. The molecule has 4 nitrogen and oxygen atoms in total. The lowest BCUT2D eigenvalue weighted by Gasteiger charge is -1.94. The van der Waals surface area contributed by atoms with Gasteiger partial charge in [0.25, 0.3) is 0 Å². The minimum atomic E-state index is -0.380. The highest BCUT2D eigenvalue weighted by Crippen LogP contribution is 2.19. The van der Waals surface area contributed by atoms with Gasteiger partial charge >= 0.3 is 5.97 Å². The van der Waals surface area contributed by atoms with Gasteiger partial charge in [-0.05, 0) is 13.0 Å². The Morgan fingerprint density at radius 1 is 1.67 bits per heavy atom. The quantitative estimate of drug-likeness (QED) is 0.615. The summed E-state index contributed by atoms with van der Waals surface area (Å²) in [5.74, 6) is 2.23. The number of aryl methyl sites for hydroxylation is 1. The van der Waals surface area contributed by atoms with E-state index in [0.717, 1.165) is 5.76 Å². The van der Waals surface area contributed by atoms with Gasteiger partial charge in [-0.15, -0.1) is 0 Å². The Morgan fingerprint density at radius 3 is 3.00 bits per heavy atom. The van der Waals surface area contributed by atoms with Crippen molar-refractivity contribution >= 4 is 17.7 Å². The number of hydrogen-bond acceptors (Lipinski definition) is 5. The van der Waals surface area contributed by atoms with Gasteiger partial charge < -0.3 is 14.3 Å². The van der Waals surface area contributed by atoms with Crippen molar-refractivity contribution in [3.63, 3.8) is 0 Å². The van der Waals surface area contributed by atoms with Crippen molar-refractivity contribution in [2.45, 2.75) is 12.7 Å². The first-order valence-electron chi connectivity index (χ1n) is 4.55. The summed E-state index contributed by atoms with van der Waals surface area (Å²) < 4.78 is 9.99. The second-order valence-electron chi connectivity index (χ2n) is 2.95. The summed E-state index contributed by atoms with van der Waals surface area (Å²) in [7, 11) is 1.34. The maximum atomic E-state index is 11.2. The predicted molar refractivity (Wildman–Crippen MR) is 58.0 cm³/mol. The highest BCUT2D eigenvalue weighted by Gasteiger charge is 2.14. The summed E-state index contributed by atoms with van der Waals surface area (Å²) in [6.07, 6.45) is 0. The van der Waals surface area contributed by atoms with Gasteiger partial charge in [0.1, 0.15) is 17.1 Å². The summed E-state index contributed by atoms with van der Waals surface area (Å²) in [6, 6.07) is 1.69. The molecule has 0 unspecified atom stereocenters. The van der Waals surface area contributed by atoms with Crippen molar-refractivity contribution in [1.29, 1.82) is 0 Å². The van der Waals surface area contributed by atoms with Crippen LogP contribution >= 0.6 is 11.8 Å². The number of aliphatic hydroxyl groups is 1. The number of esters is 1. The molecule has 1 rings (SSSR count). The summed E-state index contributed by atoms with van der Waals surface area (Å²) in [5, 5.41) is 8.60. The van der Waals surface area contributed by atoms with E-state index in [-0.39, 0.29) is 12.6 Å². The van der Waals surface area contributed by atoms with E-state index in [1.165, 1.54) is 7.11 Å². The monoisotopic (exact) mass is 230 g/mol. The molecule has 0 atom stereocenters. The zero-order chi connectivity index (χ0) is 11.3. The molecule has 0 aliphatic carbocycles. The lowest BCUT2D eigenvalue weighted by atomic mass is 10.2. The average molecular weight is 230 g/mol. The molecule has 1 aromatic heterocycles. The van der Waals surface area contributed by atoms with Gasteiger partial charge in [-0.2, -0.15) is 11.8 Å². The summed E-state index contributed by atoms with van der Waals surface area (Å²) >= 11 is 1.55. The normalized spacial score (nSPS) is 10.3. The topological polar surface area (TPSA) is 59.7 Å². The molecule has 1 aromatic rings. The highest BCUT2D eigenvalue weighted by molar-refractivity contribution is 7.98. The average Bonchev–Trinajstić information content (AvgIpc) is 2.59. The van der Waals surface area contributed by atoms with E-state index in [2.05, 4.69) is 4.74 Å². The molecular weight excluding hydrogens is 216 g/mol. The van der Waals surface area contributed by atoms with E-state index >= 15 is 0 Å². The van der Waals surface area contributed by atoms with Crippen LogP contribution in [0.5, 0.6) is 0 Å². The first-order chi connectivity index (χ1) is 7.19. The SMILES string of the molecule is COC(=O)c1cc(CSCCO)oc1C. The van der Waals surface area contributed by atoms with E-state index in [9.17, 15) is 4.79 Å². The molecule has 0 aromatic carbocycles. The molecule has 15 heavy (non-hydrogen) atoms. The van der Waals surface area contributed by atoms with E-state index in [1.54, 1.807) is 24.8 Å². The van der Waals surface area contributed by atoms with Crippen molar-refractivity contribution < 1.29 is 19.1 Å². The molecule has 0 fully saturated rings. The van der Waals surface area contributed by atoms with Gasteiger partial charge in [-0.25, -0.2) is 4.79 Å². The summed E-state index contributed by atoms with van der Waals surface area (Å²) in [4.78, 5) is 11.2. The first kappa shape index (κ1) is 12.1. The van der Waals surface area contributed by atoms with Gasteiger partial charge in [0.05, 0.1) is 19.5 Å². The van der Waals surface area contributed by atoms with Crippen LogP contribution in [-0.2, 0) is 10.5 Å². The molecular formula is C10H14O4S. The first-order valence-corrected chi connectivity index (χ1v) is 5.70. The molecule has 1 heterocycles. The number of carbonyl (C=O) groups is 1. The van der Waals surface area contributed by atoms with Crippen molar-refractivity contribution in [2.24, 2.45) is 0 Å². The number of methoxy groups -OCH3 is 1. The van der Waals surface area contributed by atoms with Crippen LogP contribution in [0.3, 0.4) is 0 Å². The molecule has 0 aliphatic rings. The molecule has 84 valence electrons. The number of hydrogen-bond donors (Lipinski definition) is 1. The third-order valence-corrected chi connectivity index (χ3v) is 2.81. The van der Waals surface area contributed by atoms with Gasteiger partial charge in [0.15, 0.2) is 0 Å². The van der Waals surface area contributed by atoms with Crippen molar-refractivity contribution in [1.82, 2.24) is 0 Å². The van der Waals surface area contributed by atoms with Gasteiger partial charge in [-0.1, -0.05) is 0 Å². The van der Waals surface area contributed by atoms with E-state index < -0.39 is 0 Å². The van der Waals surface area contributed by atoms with Crippen LogP contribution in [0.2, 0.25) is 0 Å². The number of ether oxygens (including phenoxy) is 1. The Hall–Kier alpha value is -0.940. The van der Waals surface area contributed by atoms with Gasteiger partial charge in [0.2, 0.25) is 0 Å². The second-order valence-corrected chi connectivity index (χ2v) is 4.06. The Bertz CT molecular complexity index is 332. The van der Waals surface area contributed by atoms with Crippen molar-refractivity contribution in [3.8, 4) is 0 Å². The maximum absolute atomic E-state index is 11.2. The largest absolute Gasteiger partial charge is 0.465 e. The Morgan fingerprint density at radius 2 is 2.40 bits per heavy atom. The predicted octanol–water partition coefficient (Wildman–Crippen LogP) is 1.60. The van der Waals surface area contributed by atoms with E-state index in [1.807, 2.05) is 0 Å². The van der Waals surface area contributed by atoms with Gasteiger partial charge in [0, 0.05) is 5.75 Å². The number of furan rings is 1. The van der Waals surface area contributed by atoms with E-state index in [0.29, 0.717) is 22.8 Å². The molecule has 0 bridgehead atoms. The van der Waals surface area contributed by atoms with Crippen molar-refractivity contribution in [2.75, 3.05) is 19.5 Å². The van der Waals surface area contributed by atoms with Crippen LogP contribution in [0.4, 0.5) is 0 Å². The third kappa shape index (κ3) is 3.28. The van der Waals surface area contributed by atoms with Crippen LogP contribution in [0, 0.1) is 6.92 Å².